The summed E-state index contributed by atoms with van der Waals surface area (Å²) in [6.45, 7) is 3.75. The number of ether oxygens (including phenoxy) is 1. The molecule has 1 aliphatic heterocycles. The number of rotatable bonds is 3. The molecule has 1 saturated heterocycles. The fourth-order valence-electron chi connectivity index (χ4n) is 4.09. The standard InChI is InChI=1S/C23H21ClFN3OS/c1-27-7-9-28(10-8-27)23-18-13-19(24)20(21(25)22(18)26-30-23)17-12-15(29-2)11-14-5-3-4-6-16(14)17/h3-6,11-13H,7-10H2,1-2H3. The van der Waals surface area contributed by atoms with Gasteiger partial charge in [0.15, 0.2) is 5.82 Å². The van der Waals surface area contributed by atoms with Crippen LogP contribution in [0.2, 0.25) is 5.02 Å². The molecule has 0 unspecified atom stereocenters. The van der Waals surface area contributed by atoms with Crippen LogP contribution in [0.5, 0.6) is 5.75 Å². The second-order valence-corrected chi connectivity index (χ2v) is 8.78. The summed E-state index contributed by atoms with van der Waals surface area (Å²) in [4.78, 5) is 4.57. The van der Waals surface area contributed by atoms with E-state index in [1.807, 2.05) is 42.5 Å². The summed E-state index contributed by atoms with van der Waals surface area (Å²) < 4.78 is 25.8. The van der Waals surface area contributed by atoms with Gasteiger partial charge in [0.1, 0.15) is 16.3 Å². The number of hydrogen-bond donors (Lipinski definition) is 0. The summed E-state index contributed by atoms with van der Waals surface area (Å²) in [5.41, 5.74) is 1.46. The Hall–Kier alpha value is -2.41. The third kappa shape index (κ3) is 3.20. The number of methoxy groups -OCH3 is 1. The maximum Gasteiger partial charge on any atom is 0.159 e. The molecular formula is C23H21ClFN3OS. The summed E-state index contributed by atoms with van der Waals surface area (Å²) in [7, 11) is 3.72. The minimum Gasteiger partial charge on any atom is -0.497 e. The van der Waals surface area contributed by atoms with Gasteiger partial charge in [-0.15, -0.1) is 0 Å². The van der Waals surface area contributed by atoms with E-state index in [9.17, 15) is 0 Å². The van der Waals surface area contributed by atoms with Gasteiger partial charge in [-0.3, -0.25) is 0 Å². The van der Waals surface area contributed by atoms with Gasteiger partial charge in [-0.25, -0.2) is 4.39 Å². The van der Waals surface area contributed by atoms with E-state index >= 15 is 4.39 Å². The van der Waals surface area contributed by atoms with Gasteiger partial charge >= 0.3 is 0 Å². The van der Waals surface area contributed by atoms with Gasteiger partial charge in [-0.2, -0.15) is 4.37 Å². The molecule has 154 valence electrons. The van der Waals surface area contributed by atoms with Crippen molar-refractivity contribution < 1.29 is 9.13 Å². The average molecular weight is 442 g/mol. The first kappa shape index (κ1) is 19.5. The maximum absolute atomic E-state index is 15.8. The second-order valence-electron chi connectivity index (χ2n) is 7.62. The first-order valence-corrected chi connectivity index (χ1v) is 11.0. The van der Waals surface area contributed by atoms with Crippen molar-refractivity contribution >= 4 is 49.8 Å². The number of hydrogen-bond acceptors (Lipinski definition) is 5. The Balaban J connectivity index is 1.70. The smallest absolute Gasteiger partial charge is 0.159 e. The molecule has 1 fully saturated rings. The lowest BCUT2D eigenvalue weighted by Gasteiger charge is -2.33. The molecule has 5 rings (SSSR count). The number of aromatic nitrogens is 1. The molecular weight excluding hydrogens is 421 g/mol. The van der Waals surface area contributed by atoms with Gasteiger partial charge < -0.3 is 14.5 Å². The Morgan fingerprint density at radius 2 is 1.83 bits per heavy atom. The topological polar surface area (TPSA) is 28.6 Å². The van der Waals surface area contributed by atoms with E-state index in [4.69, 9.17) is 16.3 Å². The molecule has 3 aromatic carbocycles. The molecule has 0 saturated carbocycles. The van der Waals surface area contributed by atoms with E-state index in [-0.39, 0.29) is 5.82 Å². The van der Waals surface area contributed by atoms with Crippen molar-refractivity contribution in [1.82, 2.24) is 9.27 Å². The van der Waals surface area contributed by atoms with Crippen LogP contribution in [-0.2, 0) is 0 Å². The largest absolute Gasteiger partial charge is 0.497 e. The van der Waals surface area contributed by atoms with Crippen molar-refractivity contribution in [3.63, 3.8) is 0 Å². The van der Waals surface area contributed by atoms with Crippen molar-refractivity contribution in [2.75, 3.05) is 45.2 Å². The zero-order chi connectivity index (χ0) is 20.8. The fraction of sp³-hybridized carbons (Fsp3) is 0.261. The van der Waals surface area contributed by atoms with Crippen LogP contribution in [0, 0.1) is 5.82 Å². The Morgan fingerprint density at radius 1 is 1.07 bits per heavy atom. The summed E-state index contributed by atoms with van der Waals surface area (Å²) in [6, 6.07) is 13.5. The van der Waals surface area contributed by atoms with Gasteiger partial charge in [-0.05, 0) is 53.1 Å². The van der Waals surface area contributed by atoms with Gasteiger partial charge in [0.2, 0.25) is 0 Å². The number of piperazine rings is 1. The average Bonchev–Trinajstić information content (AvgIpc) is 3.18. The van der Waals surface area contributed by atoms with E-state index in [0.29, 0.717) is 27.4 Å². The van der Waals surface area contributed by atoms with Gasteiger partial charge in [0.05, 0.1) is 12.1 Å². The first-order chi connectivity index (χ1) is 14.6. The Bertz CT molecular complexity index is 1250. The maximum atomic E-state index is 15.8. The number of anilines is 1. The lowest BCUT2D eigenvalue weighted by Crippen LogP contribution is -2.44. The fourth-order valence-corrected chi connectivity index (χ4v) is 5.29. The summed E-state index contributed by atoms with van der Waals surface area (Å²) in [5.74, 6) is 0.281. The van der Waals surface area contributed by atoms with Gasteiger partial charge in [0.25, 0.3) is 0 Å². The third-order valence-electron chi connectivity index (χ3n) is 5.78. The zero-order valence-corrected chi connectivity index (χ0v) is 18.4. The lowest BCUT2D eigenvalue weighted by atomic mass is 9.96. The van der Waals surface area contributed by atoms with E-state index in [1.54, 1.807) is 7.11 Å². The van der Waals surface area contributed by atoms with Crippen molar-refractivity contribution in [2.24, 2.45) is 0 Å². The van der Waals surface area contributed by atoms with E-state index in [0.717, 1.165) is 47.3 Å². The van der Waals surface area contributed by atoms with Crippen molar-refractivity contribution in [3.8, 4) is 16.9 Å². The highest BCUT2D eigenvalue weighted by Crippen LogP contribution is 2.43. The molecule has 1 aliphatic rings. The summed E-state index contributed by atoms with van der Waals surface area (Å²) in [5, 5.41) is 4.05. The van der Waals surface area contributed by atoms with Crippen LogP contribution >= 0.6 is 23.1 Å². The van der Waals surface area contributed by atoms with Crippen LogP contribution in [0.3, 0.4) is 0 Å². The molecule has 1 aromatic heterocycles. The molecule has 0 amide bonds. The molecule has 4 aromatic rings. The Labute approximate surface area is 183 Å². The van der Waals surface area contributed by atoms with Crippen LogP contribution < -0.4 is 9.64 Å². The van der Waals surface area contributed by atoms with Crippen LogP contribution in [0.1, 0.15) is 0 Å². The molecule has 0 spiro atoms. The van der Waals surface area contributed by atoms with E-state index in [1.165, 1.54) is 11.5 Å². The molecule has 0 atom stereocenters. The Morgan fingerprint density at radius 3 is 2.60 bits per heavy atom. The number of nitrogens with zero attached hydrogens (tertiary/aromatic N) is 3. The van der Waals surface area contributed by atoms with Crippen LogP contribution in [-0.4, -0.2) is 49.6 Å². The molecule has 0 N–H and O–H groups in total. The monoisotopic (exact) mass is 441 g/mol. The van der Waals surface area contributed by atoms with Gasteiger partial charge in [-0.1, -0.05) is 35.9 Å². The van der Waals surface area contributed by atoms with Crippen molar-refractivity contribution in [1.29, 1.82) is 0 Å². The van der Waals surface area contributed by atoms with Crippen molar-refractivity contribution in [2.45, 2.75) is 0 Å². The highest BCUT2D eigenvalue weighted by atomic mass is 35.5. The summed E-state index contributed by atoms with van der Waals surface area (Å²) in [6.07, 6.45) is 0. The molecule has 4 nitrogen and oxygen atoms in total. The molecule has 0 radical (unpaired) electrons. The predicted octanol–water partition coefficient (Wildman–Crippen LogP) is 5.67. The van der Waals surface area contributed by atoms with E-state index < -0.39 is 0 Å². The Kier molecular flexibility index (Phi) is 5.01. The van der Waals surface area contributed by atoms with Gasteiger partial charge in [0, 0.05) is 37.1 Å². The number of halogens is 2. The minimum absolute atomic E-state index is 0.370. The predicted molar refractivity (Wildman–Crippen MR) is 124 cm³/mol. The minimum atomic E-state index is -0.382. The second kappa shape index (κ2) is 7.69. The summed E-state index contributed by atoms with van der Waals surface area (Å²) >= 11 is 8.04. The molecule has 0 bridgehead atoms. The molecule has 2 heterocycles. The van der Waals surface area contributed by atoms with Crippen LogP contribution in [0.15, 0.2) is 42.5 Å². The quantitative estimate of drug-likeness (QED) is 0.409. The van der Waals surface area contributed by atoms with E-state index in [2.05, 4.69) is 21.2 Å². The normalized spacial score (nSPS) is 15.3. The number of fused-ring (bicyclic) bond motifs is 2. The highest BCUT2D eigenvalue weighted by Gasteiger charge is 2.24. The number of likely N-dealkylation sites (N-methyl/N-ethyl adjacent to an activating group) is 1. The van der Waals surface area contributed by atoms with Crippen LogP contribution in [0.25, 0.3) is 32.8 Å². The zero-order valence-electron chi connectivity index (χ0n) is 16.8. The SMILES string of the molecule is COc1cc(-c2c(Cl)cc3c(N4CCN(C)CC4)snc3c2F)c2ccccc2c1. The lowest BCUT2D eigenvalue weighted by molar-refractivity contribution is 0.313. The number of benzene rings is 3. The molecule has 30 heavy (non-hydrogen) atoms. The highest BCUT2D eigenvalue weighted by molar-refractivity contribution is 7.11. The third-order valence-corrected chi connectivity index (χ3v) is 7.00. The first-order valence-electron chi connectivity index (χ1n) is 9.85. The van der Waals surface area contributed by atoms with Crippen LogP contribution in [0.4, 0.5) is 9.39 Å². The molecule has 0 aliphatic carbocycles. The van der Waals surface area contributed by atoms with Crippen molar-refractivity contribution in [3.05, 3.63) is 53.3 Å². The molecule has 7 heteroatoms.